The fourth-order valence-electron chi connectivity index (χ4n) is 3.54. The summed E-state index contributed by atoms with van der Waals surface area (Å²) in [4.78, 5) is 4.60. The first-order valence-electron chi connectivity index (χ1n) is 9.01. The number of fused-ring (bicyclic) bond motifs is 2. The van der Waals surface area contributed by atoms with Crippen molar-refractivity contribution >= 4 is 16.6 Å². The van der Waals surface area contributed by atoms with Gasteiger partial charge in [-0.2, -0.15) is 10.2 Å². The molecule has 5 heteroatoms. The fourth-order valence-corrected chi connectivity index (χ4v) is 3.54. The molecule has 4 aromatic rings. The molecular weight excluding hydrogens is 322 g/mol. The van der Waals surface area contributed by atoms with Crippen LogP contribution < -0.4 is 0 Å². The third-order valence-electron chi connectivity index (χ3n) is 4.98. The SMILES string of the molecule is CC(C)(C)c1n[nH]c2ncc(CC(C)(C)c3cc4cccnn4c3)cc12. The molecule has 0 aliphatic heterocycles. The van der Waals surface area contributed by atoms with Crippen molar-refractivity contribution in [3.05, 3.63) is 59.7 Å². The minimum atomic E-state index is -0.0192. The van der Waals surface area contributed by atoms with Crippen LogP contribution in [0.15, 0.2) is 42.9 Å². The highest BCUT2D eigenvalue weighted by Crippen LogP contribution is 2.32. The summed E-state index contributed by atoms with van der Waals surface area (Å²) in [7, 11) is 0. The molecule has 1 N–H and O–H groups in total. The summed E-state index contributed by atoms with van der Waals surface area (Å²) in [5.74, 6) is 0. The maximum Gasteiger partial charge on any atom is 0.155 e. The molecule has 4 heterocycles. The molecular formula is C21H25N5. The van der Waals surface area contributed by atoms with Crippen molar-refractivity contribution in [2.45, 2.75) is 51.9 Å². The summed E-state index contributed by atoms with van der Waals surface area (Å²) >= 11 is 0. The summed E-state index contributed by atoms with van der Waals surface area (Å²) < 4.78 is 1.94. The lowest BCUT2D eigenvalue weighted by molar-refractivity contribution is 0.521. The van der Waals surface area contributed by atoms with Gasteiger partial charge >= 0.3 is 0 Å². The molecule has 134 valence electrons. The molecule has 0 spiro atoms. The first-order valence-corrected chi connectivity index (χ1v) is 9.01. The Labute approximate surface area is 153 Å². The second-order valence-corrected chi connectivity index (χ2v) is 8.74. The number of rotatable bonds is 3. The Kier molecular flexibility index (Phi) is 3.65. The number of aromatic nitrogens is 5. The number of aromatic amines is 1. The third kappa shape index (κ3) is 2.87. The third-order valence-corrected chi connectivity index (χ3v) is 4.98. The van der Waals surface area contributed by atoms with Gasteiger partial charge in [-0.1, -0.05) is 34.6 Å². The van der Waals surface area contributed by atoms with Gasteiger partial charge in [-0.3, -0.25) is 5.10 Å². The monoisotopic (exact) mass is 347 g/mol. The molecule has 0 saturated carbocycles. The lowest BCUT2D eigenvalue weighted by Gasteiger charge is -2.23. The highest BCUT2D eigenvalue weighted by Gasteiger charge is 2.25. The first-order chi connectivity index (χ1) is 12.2. The summed E-state index contributed by atoms with van der Waals surface area (Å²) in [6.45, 7) is 11.1. The van der Waals surface area contributed by atoms with E-state index in [1.54, 1.807) is 0 Å². The standard InChI is InChI=1S/C21H25N5/c1-20(2,3)18-17-9-14(12-22-19(17)25-24-18)11-21(4,5)15-10-16-7-6-8-23-26(16)13-15/h6-10,12-13H,11H2,1-5H3,(H,22,24,25). The van der Waals surface area contributed by atoms with E-state index in [9.17, 15) is 0 Å². The minimum absolute atomic E-state index is 0.0141. The Hall–Kier alpha value is -2.69. The Bertz CT molecular complexity index is 1050. The minimum Gasteiger partial charge on any atom is -0.261 e. The van der Waals surface area contributed by atoms with Crippen LogP contribution in [0.4, 0.5) is 0 Å². The van der Waals surface area contributed by atoms with Crippen molar-refractivity contribution in [3.8, 4) is 0 Å². The molecule has 0 radical (unpaired) electrons. The number of nitrogens with zero attached hydrogens (tertiary/aromatic N) is 4. The molecule has 0 aromatic carbocycles. The summed E-state index contributed by atoms with van der Waals surface area (Å²) in [5, 5.41) is 13.1. The van der Waals surface area contributed by atoms with Gasteiger partial charge in [0.05, 0.1) is 11.2 Å². The summed E-state index contributed by atoms with van der Waals surface area (Å²) in [5.41, 5.74) is 5.51. The Morgan fingerprint density at radius 1 is 1.12 bits per heavy atom. The zero-order chi connectivity index (χ0) is 18.5. The van der Waals surface area contributed by atoms with Gasteiger partial charge in [-0.05, 0) is 47.2 Å². The van der Waals surface area contributed by atoms with E-state index in [1.807, 2.05) is 23.0 Å². The fraction of sp³-hybridized carbons (Fsp3) is 0.381. The normalized spacial score (nSPS) is 13.0. The molecule has 0 bridgehead atoms. The van der Waals surface area contributed by atoms with Crippen LogP contribution in [0, 0.1) is 0 Å². The van der Waals surface area contributed by atoms with Gasteiger partial charge < -0.3 is 0 Å². The lowest BCUT2D eigenvalue weighted by atomic mass is 9.80. The van der Waals surface area contributed by atoms with E-state index in [1.165, 1.54) is 11.1 Å². The second kappa shape index (κ2) is 5.66. The van der Waals surface area contributed by atoms with Crippen LogP contribution >= 0.6 is 0 Å². The predicted octanol–water partition coefficient (Wildman–Crippen LogP) is 4.42. The van der Waals surface area contributed by atoms with Crippen molar-refractivity contribution < 1.29 is 0 Å². The van der Waals surface area contributed by atoms with E-state index in [0.717, 1.165) is 28.7 Å². The number of hydrogen-bond acceptors (Lipinski definition) is 3. The van der Waals surface area contributed by atoms with Crippen LogP contribution in [0.1, 0.15) is 51.4 Å². The quantitative estimate of drug-likeness (QED) is 0.597. The van der Waals surface area contributed by atoms with Gasteiger partial charge in [-0.15, -0.1) is 0 Å². The van der Waals surface area contributed by atoms with Crippen molar-refractivity contribution in [1.82, 2.24) is 24.8 Å². The maximum absolute atomic E-state index is 4.60. The topological polar surface area (TPSA) is 58.9 Å². The number of pyridine rings is 1. The first kappa shape index (κ1) is 16.8. The Morgan fingerprint density at radius 2 is 1.92 bits per heavy atom. The molecule has 0 unspecified atom stereocenters. The van der Waals surface area contributed by atoms with Crippen molar-refractivity contribution in [2.24, 2.45) is 0 Å². The van der Waals surface area contributed by atoms with Gasteiger partial charge in [0.2, 0.25) is 0 Å². The molecule has 0 aliphatic rings. The largest absolute Gasteiger partial charge is 0.261 e. The zero-order valence-electron chi connectivity index (χ0n) is 16.0. The lowest BCUT2D eigenvalue weighted by Crippen LogP contribution is -2.20. The van der Waals surface area contributed by atoms with Crippen LogP contribution in [-0.2, 0) is 17.3 Å². The highest BCUT2D eigenvalue weighted by molar-refractivity contribution is 5.79. The Morgan fingerprint density at radius 3 is 2.65 bits per heavy atom. The van der Waals surface area contributed by atoms with Gasteiger partial charge in [0.15, 0.2) is 5.65 Å². The van der Waals surface area contributed by atoms with Crippen LogP contribution in [0.5, 0.6) is 0 Å². The van der Waals surface area contributed by atoms with Crippen LogP contribution in [-0.4, -0.2) is 24.8 Å². The highest BCUT2D eigenvalue weighted by atomic mass is 15.2. The molecule has 0 atom stereocenters. The van der Waals surface area contributed by atoms with E-state index >= 15 is 0 Å². The molecule has 4 aromatic heterocycles. The van der Waals surface area contributed by atoms with E-state index < -0.39 is 0 Å². The average molecular weight is 347 g/mol. The van der Waals surface area contributed by atoms with Gasteiger partial charge in [0.25, 0.3) is 0 Å². The summed E-state index contributed by atoms with van der Waals surface area (Å²) in [6.07, 6.45) is 6.80. The van der Waals surface area contributed by atoms with Crippen LogP contribution in [0.3, 0.4) is 0 Å². The second-order valence-electron chi connectivity index (χ2n) is 8.74. The van der Waals surface area contributed by atoms with Gasteiger partial charge in [0.1, 0.15) is 0 Å². The average Bonchev–Trinajstić information content (AvgIpc) is 3.18. The number of hydrogen-bond donors (Lipinski definition) is 1. The molecule has 5 nitrogen and oxygen atoms in total. The van der Waals surface area contributed by atoms with E-state index in [0.29, 0.717) is 0 Å². The molecule has 26 heavy (non-hydrogen) atoms. The van der Waals surface area contributed by atoms with Crippen LogP contribution in [0.2, 0.25) is 0 Å². The molecule has 0 aliphatic carbocycles. The molecule has 0 saturated heterocycles. The maximum atomic E-state index is 4.60. The van der Waals surface area contributed by atoms with E-state index in [-0.39, 0.29) is 10.8 Å². The van der Waals surface area contributed by atoms with Crippen molar-refractivity contribution in [3.63, 3.8) is 0 Å². The molecule has 0 fully saturated rings. The predicted molar refractivity (Wildman–Crippen MR) is 105 cm³/mol. The van der Waals surface area contributed by atoms with E-state index in [4.69, 9.17) is 0 Å². The number of nitrogens with one attached hydrogen (secondary N) is 1. The number of H-pyrrole nitrogens is 1. The van der Waals surface area contributed by atoms with Gasteiger partial charge in [0, 0.05) is 29.4 Å². The van der Waals surface area contributed by atoms with Gasteiger partial charge in [-0.25, -0.2) is 9.50 Å². The van der Waals surface area contributed by atoms with E-state index in [2.05, 4.69) is 79.3 Å². The summed E-state index contributed by atoms with van der Waals surface area (Å²) in [6, 6.07) is 8.51. The molecule has 0 amide bonds. The van der Waals surface area contributed by atoms with Crippen molar-refractivity contribution in [2.75, 3.05) is 0 Å². The Balaban J connectivity index is 1.71. The van der Waals surface area contributed by atoms with Crippen molar-refractivity contribution in [1.29, 1.82) is 0 Å². The smallest absolute Gasteiger partial charge is 0.155 e. The molecule has 4 rings (SSSR count). The van der Waals surface area contributed by atoms with Crippen LogP contribution in [0.25, 0.3) is 16.6 Å². The zero-order valence-corrected chi connectivity index (χ0v) is 16.0.